The smallest absolute Gasteiger partial charge is 0.210 e. The number of sulfone groups is 1. The van der Waals surface area contributed by atoms with Gasteiger partial charge in [-0.05, 0) is 115 Å². The van der Waals surface area contributed by atoms with Gasteiger partial charge in [0, 0.05) is 11.1 Å². The van der Waals surface area contributed by atoms with Crippen LogP contribution >= 0.6 is 0 Å². The van der Waals surface area contributed by atoms with Crippen molar-refractivity contribution in [1.82, 2.24) is 4.57 Å². The molecule has 0 amide bonds. The number of aryl methyl sites for hydroxylation is 1. The zero-order chi connectivity index (χ0) is 37.8. The molecule has 0 unspecified atom stereocenters. The first kappa shape index (κ1) is 31.5. The van der Waals surface area contributed by atoms with Gasteiger partial charge in [-0.2, -0.15) is 0 Å². The largest absolute Gasteiger partial charge is 0.311 e. The molecule has 2 spiro atoms. The Labute approximate surface area is 331 Å². The number of rotatable bonds is 1. The van der Waals surface area contributed by atoms with Crippen molar-refractivity contribution in [1.29, 1.82) is 0 Å². The highest BCUT2D eigenvalue weighted by Crippen LogP contribution is 2.67. The van der Waals surface area contributed by atoms with E-state index in [-0.39, 0.29) is 0 Å². The molecule has 3 aliphatic carbocycles. The van der Waals surface area contributed by atoms with Crippen LogP contribution in [0.4, 0.5) is 0 Å². The van der Waals surface area contributed by atoms with Crippen molar-refractivity contribution in [3.63, 3.8) is 0 Å². The van der Waals surface area contributed by atoms with E-state index in [1.807, 2.05) is 31.2 Å². The lowest BCUT2D eigenvalue weighted by atomic mass is 9.52. The van der Waals surface area contributed by atoms with Crippen LogP contribution in [0.5, 0.6) is 0 Å². The molecule has 13 rings (SSSR count). The van der Waals surface area contributed by atoms with Crippen molar-refractivity contribution in [2.75, 3.05) is 0 Å². The summed E-state index contributed by atoms with van der Waals surface area (Å²) in [6.45, 7) is 2.05. The fourth-order valence-corrected chi connectivity index (χ4v) is 13.2. The quantitative estimate of drug-likeness (QED) is 0.168. The summed E-state index contributed by atoms with van der Waals surface area (Å²) >= 11 is 0. The maximum Gasteiger partial charge on any atom is 0.210 e. The second-order valence-corrected chi connectivity index (χ2v) is 17.9. The van der Waals surface area contributed by atoms with E-state index in [9.17, 15) is 8.42 Å². The molecule has 0 atom stereocenters. The van der Waals surface area contributed by atoms with Crippen molar-refractivity contribution >= 4 is 20.7 Å². The monoisotopic (exact) mass is 747 g/mol. The normalized spacial score (nSPS) is 16.0. The van der Waals surface area contributed by atoms with Gasteiger partial charge in [0.2, 0.25) is 9.84 Å². The lowest BCUT2D eigenvalue weighted by Crippen LogP contribution is -2.43. The molecular weight excluding hydrogens is 715 g/mol. The SMILES string of the molecule is Cc1cc2cccc3c2n1-c1ccc(-c2ccc4c(c2)C2(c5ccccc5-4)c4ccccc4C4(c5ccccc5-c5ccccc54)c4ccccc42)cc1S3(=O)=O. The van der Waals surface area contributed by atoms with Crippen molar-refractivity contribution in [3.05, 3.63) is 232 Å². The fraction of sp³-hybridized carbons (Fsp3) is 0.0566. The Morgan fingerprint density at radius 1 is 0.404 bits per heavy atom. The molecule has 9 aromatic rings. The van der Waals surface area contributed by atoms with E-state index in [2.05, 4.69) is 156 Å². The highest BCUT2D eigenvalue weighted by Gasteiger charge is 2.58. The minimum absolute atomic E-state index is 0.340. The van der Waals surface area contributed by atoms with Gasteiger partial charge in [0.1, 0.15) is 0 Å². The molecule has 0 fully saturated rings. The molecule has 1 aliphatic heterocycles. The average Bonchev–Trinajstić information content (AvgIpc) is 3.86. The molecule has 0 bridgehead atoms. The van der Waals surface area contributed by atoms with Crippen LogP contribution in [0.15, 0.2) is 192 Å². The van der Waals surface area contributed by atoms with Crippen LogP contribution in [-0.2, 0) is 20.7 Å². The molecule has 0 N–H and O–H groups in total. The van der Waals surface area contributed by atoms with Crippen LogP contribution in [0.2, 0.25) is 0 Å². The summed E-state index contributed by atoms with van der Waals surface area (Å²) in [5.41, 5.74) is 18.4. The molecule has 0 saturated heterocycles. The maximum absolute atomic E-state index is 14.4. The van der Waals surface area contributed by atoms with Crippen molar-refractivity contribution in [2.45, 2.75) is 27.5 Å². The highest BCUT2D eigenvalue weighted by molar-refractivity contribution is 7.92. The fourth-order valence-electron chi connectivity index (χ4n) is 11.5. The van der Waals surface area contributed by atoms with Gasteiger partial charge in [-0.1, -0.05) is 152 Å². The Morgan fingerprint density at radius 3 is 1.42 bits per heavy atom. The topological polar surface area (TPSA) is 39.1 Å². The zero-order valence-electron chi connectivity index (χ0n) is 31.0. The number of aromatic nitrogens is 1. The Balaban J connectivity index is 1.10. The van der Waals surface area contributed by atoms with E-state index < -0.39 is 20.7 Å². The van der Waals surface area contributed by atoms with Gasteiger partial charge in [0.05, 0.1) is 31.8 Å². The minimum Gasteiger partial charge on any atom is -0.311 e. The Hall–Kier alpha value is -6.75. The summed E-state index contributed by atoms with van der Waals surface area (Å²) in [5, 5.41) is 0.936. The van der Waals surface area contributed by atoms with E-state index in [1.54, 1.807) is 6.07 Å². The van der Waals surface area contributed by atoms with Gasteiger partial charge in [-0.25, -0.2) is 8.42 Å². The van der Waals surface area contributed by atoms with Crippen molar-refractivity contribution in [2.24, 2.45) is 0 Å². The first-order chi connectivity index (χ1) is 27.9. The third-order valence-electron chi connectivity index (χ3n) is 13.6. The Morgan fingerprint density at radius 2 is 0.860 bits per heavy atom. The van der Waals surface area contributed by atoms with Crippen LogP contribution in [0.1, 0.15) is 50.2 Å². The number of para-hydroxylation sites is 1. The molecule has 268 valence electrons. The standard InChI is InChI=1S/C53H33NO2S/c1-32-29-35-13-12-24-49-51(35)54(32)48-28-26-34(31-50(48)57(49,55)56)33-25-27-39-38-16-4-7-19-42(38)53(47(39)30-33)45-22-10-8-20-43(45)52(44-21-9-11-23-46(44)53)40-17-5-2-14-36(40)37-15-3-6-18-41(37)52/h2-31H,1H3. The minimum atomic E-state index is -3.77. The van der Waals surface area contributed by atoms with E-state index in [1.165, 1.54) is 66.8 Å². The summed E-state index contributed by atoms with van der Waals surface area (Å²) in [6, 6.07) is 65.5. The highest BCUT2D eigenvalue weighted by atomic mass is 32.2. The predicted octanol–water partition coefficient (Wildman–Crippen LogP) is 11.8. The van der Waals surface area contributed by atoms with E-state index in [4.69, 9.17) is 0 Å². The van der Waals surface area contributed by atoms with E-state index in [0.717, 1.165) is 27.7 Å². The summed E-state index contributed by atoms with van der Waals surface area (Å²) in [7, 11) is -3.77. The van der Waals surface area contributed by atoms with Crippen LogP contribution < -0.4 is 0 Å². The zero-order valence-corrected chi connectivity index (χ0v) is 31.8. The number of nitrogens with zero attached hydrogens (tertiary/aromatic N) is 1. The van der Waals surface area contributed by atoms with E-state index >= 15 is 0 Å². The van der Waals surface area contributed by atoms with Crippen molar-refractivity contribution in [3.8, 4) is 39.1 Å². The molecule has 1 aromatic heterocycles. The third kappa shape index (κ3) is 3.54. The summed E-state index contributed by atoms with van der Waals surface area (Å²) < 4.78 is 30.9. The van der Waals surface area contributed by atoms with Gasteiger partial charge in [-0.15, -0.1) is 0 Å². The van der Waals surface area contributed by atoms with Crippen LogP contribution in [0, 0.1) is 6.92 Å². The first-order valence-corrected chi connectivity index (χ1v) is 21.1. The third-order valence-corrected chi connectivity index (χ3v) is 15.4. The summed E-state index contributed by atoms with van der Waals surface area (Å²) in [6.07, 6.45) is 0. The Bertz CT molecular complexity index is 3310. The molecule has 57 heavy (non-hydrogen) atoms. The molecule has 8 aromatic carbocycles. The van der Waals surface area contributed by atoms with Crippen molar-refractivity contribution < 1.29 is 8.42 Å². The second kappa shape index (κ2) is 10.5. The Kier molecular flexibility index (Phi) is 5.82. The molecule has 4 heteroatoms. The number of benzene rings is 8. The first-order valence-electron chi connectivity index (χ1n) is 19.6. The number of hydrogen-bond donors (Lipinski definition) is 0. The van der Waals surface area contributed by atoms with Crippen LogP contribution in [0.3, 0.4) is 0 Å². The van der Waals surface area contributed by atoms with Gasteiger partial charge in [0.15, 0.2) is 0 Å². The van der Waals surface area contributed by atoms with Crippen LogP contribution in [0.25, 0.3) is 50.0 Å². The number of hydrogen-bond acceptors (Lipinski definition) is 2. The molecule has 2 heterocycles. The lowest BCUT2D eigenvalue weighted by molar-refractivity contribution is 0.594. The van der Waals surface area contributed by atoms with E-state index in [0.29, 0.717) is 15.5 Å². The lowest BCUT2D eigenvalue weighted by Gasteiger charge is -2.48. The van der Waals surface area contributed by atoms with Gasteiger partial charge in [0.25, 0.3) is 0 Å². The van der Waals surface area contributed by atoms with Crippen LogP contribution in [-0.4, -0.2) is 13.0 Å². The second-order valence-electron chi connectivity index (χ2n) is 16.0. The summed E-state index contributed by atoms with van der Waals surface area (Å²) in [4.78, 5) is 0.701. The van der Waals surface area contributed by atoms with Gasteiger partial charge in [-0.3, -0.25) is 0 Å². The van der Waals surface area contributed by atoms with Gasteiger partial charge < -0.3 is 4.57 Å². The molecule has 3 nitrogen and oxygen atoms in total. The molecule has 0 saturated carbocycles. The molecule has 0 radical (unpaired) electrons. The molecule has 4 aliphatic rings. The molecular formula is C53H33NO2S. The average molecular weight is 748 g/mol. The van der Waals surface area contributed by atoms with Gasteiger partial charge >= 0.3 is 0 Å². The predicted molar refractivity (Wildman–Crippen MR) is 227 cm³/mol. The summed E-state index contributed by atoms with van der Waals surface area (Å²) in [5.74, 6) is 0. The maximum atomic E-state index is 14.4. The number of fused-ring (bicyclic) bond motifs is 18.